The van der Waals surface area contributed by atoms with E-state index in [-0.39, 0.29) is 5.91 Å². The second kappa shape index (κ2) is 10.4. The van der Waals surface area contributed by atoms with Gasteiger partial charge in [-0.05, 0) is 25.7 Å². The quantitative estimate of drug-likeness (QED) is 0.524. The highest BCUT2D eigenvalue weighted by Gasteiger charge is 2.15. The standard InChI is InChI=1S/C15H29NO/c1-5-8-11-14(4)15(17)16(12-9-6-2)13-10-7-3/h4-13H2,1-3H3. The Morgan fingerprint density at radius 1 is 0.941 bits per heavy atom. The molecule has 17 heavy (non-hydrogen) atoms. The lowest BCUT2D eigenvalue weighted by Gasteiger charge is -2.23. The number of hydrogen-bond acceptors (Lipinski definition) is 1. The van der Waals surface area contributed by atoms with Crippen LogP contribution in [0.1, 0.15) is 65.7 Å². The number of hydrogen-bond donors (Lipinski definition) is 0. The molecule has 0 radical (unpaired) electrons. The van der Waals surface area contributed by atoms with E-state index in [1.54, 1.807) is 0 Å². The van der Waals surface area contributed by atoms with Crippen LogP contribution in [0.2, 0.25) is 0 Å². The first-order valence-corrected chi connectivity index (χ1v) is 7.14. The van der Waals surface area contributed by atoms with Crippen LogP contribution in [0.5, 0.6) is 0 Å². The predicted octanol–water partition coefficient (Wildman–Crippen LogP) is 4.16. The van der Waals surface area contributed by atoms with Gasteiger partial charge >= 0.3 is 0 Å². The van der Waals surface area contributed by atoms with E-state index in [1.165, 1.54) is 0 Å². The van der Waals surface area contributed by atoms with Gasteiger partial charge < -0.3 is 4.90 Å². The zero-order valence-electron chi connectivity index (χ0n) is 11.9. The molecule has 0 aliphatic heterocycles. The fraction of sp³-hybridized carbons (Fsp3) is 0.800. The van der Waals surface area contributed by atoms with Crippen molar-refractivity contribution in [1.82, 2.24) is 4.90 Å². The van der Waals surface area contributed by atoms with Gasteiger partial charge in [0, 0.05) is 18.7 Å². The molecule has 0 aromatic rings. The summed E-state index contributed by atoms with van der Waals surface area (Å²) in [5, 5.41) is 0. The molecule has 0 spiro atoms. The van der Waals surface area contributed by atoms with E-state index in [0.717, 1.165) is 63.6 Å². The zero-order valence-corrected chi connectivity index (χ0v) is 11.9. The van der Waals surface area contributed by atoms with Crippen LogP contribution in [0, 0.1) is 0 Å². The Morgan fingerprint density at radius 2 is 1.41 bits per heavy atom. The van der Waals surface area contributed by atoms with Gasteiger partial charge in [0.1, 0.15) is 0 Å². The number of nitrogens with zero attached hydrogens (tertiary/aromatic N) is 1. The maximum atomic E-state index is 12.2. The molecule has 1 amide bonds. The summed E-state index contributed by atoms with van der Waals surface area (Å²) in [6.45, 7) is 12.2. The fourth-order valence-electron chi connectivity index (χ4n) is 1.73. The zero-order chi connectivity index (χ0) is 13.1. The van der Waals surface area contributed by atoms with Crippen molar-refractivity contribution >= 4 is 5.91 Å². The summed E-state index contributed by atoms with van der Waals surface area (Å²) in [5.41, 5.74) is 0.791. The van der Waals surface area contributed by atoms with Gasteiger partial charge in [0.25, 0.3) is 0 Å². The van der Waals surface area contributed by atoms with Gasteiger partial charge in [0.05, 0.1) is 0 Å². The monoisotopic (exact) mass is 239 g/mol. The third-order valence-corrected chi connectivity index (χ3v) is 2.98. The van der Waals surface area contributed by atoms with E-state index in [9.17, 15) is 4.79 Å². The lowest BCUT2D eigenvalue weighted by atomic mass is 10.1. The van der Waals surface area contributed by atoms with Crippen LogP contribution in [0.3, 0.4) is 0 Å². The highest BCUT2D eigenvalue weighted by Crippen LogP contribution is 2.11. The van der Waals surface area contributed by atoms with E-state index < -0.39 is 0 Å². The van der Waals surface area contributed by atoms with Crippen LogP contribution in [-0.4, -0.2) is 23.9 Å². The highest BCUT2D eigenvalue weighted by molar-refractivity contribution is 5.92. The summed E-state index contributed by atoms with van der Waals surface area (Å²) in [4.78, 5) is 14.2. The molecule has 2 heteroatoms. The largest absolute Gasteiger partial charge is 0.339 e. The normalized spacial score (nSPS) is 10.3. The average Bonchev–Trinajstić information content (AvgIpc) is 2.35. The Kier molecular flexibility index (Phi) is 9.89. The fourth-order valence-corrected chi connectivity index (χ4v) is 1.73. The average molecular weight is 239 g/mol. The smallest absolute Gasteiger partial charge is 0.249 e. The van der Waals surface area contributed by atoms with E-state index in [2.05, 4.69) is 27.4 Å². The molecule has 0 unspecified atom stereocenters. The molecule has 0 rings (SSSR count). The second-order valence-corrected chi connectivity index (χ2v) is 4.71. The Bertz CT molecular complexity index is 215. The Balaban J connectivity index is 4.23. The maximum Gasteiger partial charge on any atom is 0.249 e. The summed E-state index contributed by atoms with van der Waals surface area (Å²) in [6, 6.07) is 0. The minimum atomic E-state index is 0.181. The number of carbonyl (C=O) groups is 1. The maximum absolute atomic E-state index is 12.2. The molecule has 0 saturated carbocycles. The number of rotatable bonds is 10. The van der Waals surface area contributed by atoms with Crippen molar-refractivity contribution in [3.8, 4) is 0 Å². The Morgan fingerprint density at radius 3 is 1.82 bits per heavy atom. The number of carbonyl (C=O) groups excluding carboxylic acids is 1. The van der Waals surface area contributed by atoms with Crippen molar-refractivity contribution < 1.29 is 4.79 Å². The number of amides is 1. The first kappa shape index (κ1) is 16.2. The third kappa shape index (κ3) is 7.19. The van der Waals surface area contributed by atoms with Crippen LogP contribution in [0.15, 0.2) is 12.2 Å². The van der Waals surface area contributed by atoms with Gasteiger partial charge in [0.2, 0.25) is 5.91 Å². The summed E-state index contributed by atoms with van der Waals surface area (Å²) >= 11 is 0. The van der Waals surface area contributed by atoms with Gasteiger partial charge in [-0.1, -0.05) is 46.6 Å². The Hall–Kier alpha value is -0.790. The van der Waals surface area contributed by atoms with Gasteiger partial charge in [-0.15, -0.1) is 0 Å². The molecule has 2 nitrogen and oxygen atoms in total. The molecule has 0 aliphatic carbocycles. The van der Waals surface area contributed by atoms with Crippen molar-refractivity contribution in [2.75, 3.05) is 13.1 Å². The van der Waals surface area contributed by atoms with Crippen molar-refractivity contribution in [3.05, 3.63) is 12.2 Å². The molecule has 0 bridgehead atoms. The topological polar surface area (TPSA) is 20.3 Å². The van der Waals surface area contributed by atoms with E-state index >= 15 is 0 Å². The summed E-state index contributed by atoms with van der Waals surface area (Å²) in [7, 11) is 0. The molecular formula is C15H29NO. The molecule has 0 aliphatic rings. The summed E-state index contributed by atoms with van der Waals surface area (Å²) < 4.78 is 0. The van der Waals surface area contributed by atoms with E-state index in [0.29, 0.717) is 0 Å². The molecule has 100 valence electrons. The molecule has 0 fully saturated rings. The van der Waals surface area contributed by atoms with Crippen LogP contribution in [-0.2, 0) is 4.79 Å². The first-order chi connectivity index (χ1) is 8.17. The molecule has 0 atom stereocenters. The summed E-state index contributed by atoms with van der Waals surface area (Å²) in [6.07, 6.45) is 7.50. The highest BCUT2D eigenvalue weighted by atomic mass is 16.2. The molecular weight excluding hydrogens is 210 g/mol. The predicted molar refractivity (Wildman–Crippen MR) is 75.1 cm³/mol. The molecule has 0 aromatic heterocycles. The molecule has 0 heterocycles. The van der Waals surface area contributed by atoms with Crippen LogP contribution in [0.4, 0.5) is 0 Å². The lowest BCUT2D eigenvalue weighted by Crippen LogP contribution is -2.33. The van der Waals surface area contributed by atoms with E-state index in [4.69, 9.17) is 0 Å². The van der Waals surface area contributed by atoms with Crippen molar-refractivity contribution in [3.63, 3.8) is 0 Å². The van der Waals surface area contributed by atoms with Crippen molar-refractivity contribution in [2.24, 2.45) is 0 Å². The van der Waals surface area contributed by atoms with E-state index in [1.807, 2.05) is 4.90 Å². The molecule has 0 N–H and O–H groups in total. The molecule has 0 aromatic carbocycles. The third-order valence-electron chi connectivity index (χ3n) is 2.98. The number of unbranched alkanes of at least 4 members (excludes halogenated alkanes) is 3. The minimum absolute atomic E-state index is 0.181. The Labute approximate surface area is 107 Å². The SMILES string of the molecule is C=C(CCCC)C(=O)N(CCCC)CCCC. The summed E-state index contributed by atoms with van der Waals surface area (Å²) in [5.74, 6) is 0.181. The van der Waals surface area contributed by atoms with Crippen molar-refractivity contribution in [2.45, 2.75) is 65.7 Å². The minimum Gasteiger partial charge on any atom is -0.339 e. The second-order valence-electron chi connectivity index (χ2n) is 4.71. The van der Waals surface area contributed by atoms with Crippen LogP contribution >= 0.6 is 0 Å². The lowest BCUT2D eigenvalue weighted by molar-refractivity contribution is -0.127. The van der Waals surface area contributed by atoms with Gasteiger partial charge in [-0.2, -0.15) is 0 Å². The van der Waals surface area contributed by atoms with Gasteiger partial charge in [-0.25, -0.2) is 0 Å². The van der Waals surface area contributed by atoms with Gasteiger partial charge in [0.15, 0.2) is 0 Å². The first-order valence-electron chi connectivity index (χ1n) is 7.14. The molecule has 0 saturated heterocycles. The van der Waals surface area contributed by atoms with Crippen LogP contribution in [0.25, 0.3) is 0 Å². The van der Waals surface area contributed by atoms with Crippen LogP contribution < -0.4 is 0 Å². The van der Waals surface area contributed by atoms with Crippen molar-refractivity contribution in [1.29, 1.82) is 0 Å². The van der Waals surface area contributed by atoms with Gasteiger partial charge in [-0.3, -0.25) is 4.79 Å².